The lowest BCUT2D eigenvalue weighted by molar-refractivity contribution is 0.0691. The predicted octanol–water partition coefficient (Wildman–Crippen LogP) is 4.10. The molecule has 1 aliphatic carbocycles. The minimum absolute atomic E-state index is 0.0522. The van der Waals surface area contributed by atoms with Gasteiger partial charge in [-0.3, -0.25) is 14.9 Å². The molecule has 0 saturated heterocycles. The highest BCUT2D eigenvalue weighted by Gasteiger charge is 2.32. The van der Waals surface area contributed by atoms with Gasteiger partial charge in [0, 0.05) is 17.6 Å². The summed E-state index contributed by atoms with van der Waals surface area (Å²) in [6, 6.07) is 7.05. The monoisotopic (exact) mass is 439 g/mol. The predicted molar refractivity (Wildman–Crippen MR) is 114 cm³/mol. The Balaban J connectivity index is 1.95. The zero-order valence-electron chi connectivity index (χ0n) is 16.4. The molecule has 158 valence electrons. The number of aromatic nitrogens is 1. The topological polar surface area (TPSA) is 108 Å². The maximum Gasteiger partial charge on any atom is 0.336 e. The van der Waals surface area contributed by atoms with Gasteiger partial charge in [0.15, 0.2) is 5.13 Å². The second-order valence-corrected chi connectivity index (χ2v) is 8.06. The fourth-order valence-corrected chi connectivity index (χ4v) is 3.83. The van der Waals surface area contributed by atoms with Crippen molar-refractivity contribution >= 4 is 34.3 Å². The number of carboxylic acids is 1. The summed E-state index contributed by atoms with van der Waals surface area (Å²) >= 11 is 1.18. The smallest absolute Gasteiger partial charge is 0.336 e. The van der Waals surface area contributed by atoms with E-state index in [2.05, 4.69) is 15.6 Å². The minimum atomic E-state index is -1.34. The SMILES string of the molecule is Cc1c(F)cccc1-c1ccc(C(=O)O)c(C(=O)NC2CC2)c1C(=O)Nc1nccs1. The molecule has 1 aliphatic rings. The Morgan fingerprint density at radius 3 is 2.52 bits per heavy atom. The molecule has 2 aromatic carbocycles. The number of anilines is 1. The van der Waals surface area contributed by atoms with Crippen LogP contribution in [-0.2, 0) is 0 Å². The molecule has 1 aromatic heterocycles. The van der Waals surface area contributed by atoms with Crippen LogP contribution >= 0.6 is 11.3 Å². The van der Waals surface area contributed by atoms with Crippen LogP contribution in [0.3, 0.4) is 0 Å². The summed E-state index contributed by atoms with van der Waals surface area (Å²) in [5.41, 5.74) is 0.234. The van der Waals surface area contributed by atoms with Gasteiger partial charge >= 0.3 is 5.97 Å². The number of thiazole rings is 1. The standard InChI is InChI=1S/C22H18FN3O4S/c1-11-13(3-2-4-16(11)23)14-7-8-15(21(29)30)18(19(27)25-12-5-6-12)17(14)20(28)26-22-24-9-10-31-22/h2-4,7-10,12H,5-6H2,1H3,(H,25,27)(H,29,30)(H,24,26,28). The van der Waals surface area contributed by atoms with E-state index in [9.17, 15) is 23.9 Å². The van der Waals surface area contributed by atoms with Crippen molar-refractivity contribution in [3.63, 3.8) is 0 Å². The second kappa shape index (κ2) is 8.27. The highest BCUT2D eigenvalue weighted by atomic mass is 32.1. The highest BCUT2D eigenvalue weighted by Crippen LogP contribution is 2.33. The number of benzene rings is 2. The van der Waals surface area contributed by atoms with Gasteiger partial charge in [-0.15, -0.1) is 11.3 Å². The van der Waals surface area contributed by atoms with Crippen LogP contribution in [0, 0.1) is 12.7 Å². The number of amides is 2. The van der Waals surface area contributed by atoms with Crippen LogP contribution in [0.15, 0.2) is 41.9 Å². The molecule has 0 radical (unpaired) electrons. The third kappa shape index (κ3) is 4.17. The summed E-state index contributed by atoms with van der Waals surface area (Å²) in [5.74, 6) is -3.17. The van der Waals surface area contributed by atoms with Gasteiger partial charge in [-0.2, -0.15) is 0 Å². The lowest BCUT2D eigenvalue weighted by Crippen LogP contribution is -2.31. The maximum atomic E-state index is 14.3. The van der Waals surface area contributed by atoms with Crippen molar-refractivity contribution in [2.45, 2.75) is 25.8 Å². The van der Waals surface area contributed by atoms with Crippen LogP contribution in [0.4, 0.5) is 9.52 Å². The zero-order chi connectivity index (χ0) is 22.1. The summed E-state index contributed by atoms with van der Waals surface area (Å²) in [5, 5.41) is 17.0. The van der Waals surface area contributed by atoms with Crippen LogP contribution in [0.25, 0.3) is 11.1 Å². The van der Waals surface area contributed by atoms with Gasteiger partial charge < -0.3 is 10.4 Å². The van der Waals surface area contributed by atoms with Gasteiger partial charge in [-0.05, 0) is 48.6 Å². The molecule has 3 N–H and O–H groups in total. The summed E-state index contributed by atoms with van der Waals surface area (Å²) in [6.45, 7) is 1.56. The number of nitrogens with zero attached hydrogens (tertiary/aromatic N) is 1. The number of aromatic carboxylic acids is 1. The molecule has 0 atom stereocenters. The summed E-state index contributed by atoms with van der Waals surface area (Å²) in [6.07, 6.45) is 3.08. The van der Waals surface area contributed by atoms with Gasteiger partial charge in [-0.25, -0.2) is 14.2 Å². The first kappa shape index (κ1) is 20.7. The quantitative estimate of drug-likeness (QED) is 0.536. The number of hydrogen-bond acceptors (Lipinski definition) is 5. The fraction of sp³-hybridized carbons (Fsp3) is 0.182. The lowest BCUT2D eigenvalue weighted by Gasteiger charge is -2.18. The Morgan fingerprint density at radius 2 is 1.87 bits per heavy atom. The van der Waals surface area contributed by atoms with E-state index in [0.29, 0.717) is 10.7 Å². The van der Waals surface area contributed by atoms with E-state index in [0.717, 1.165) is 12.8 Å². The van der Waals surface area contributed by atoms with E-state index in [1.54, 1.807) is 18.4 Å². The molecule has 0 unspecified atom stereocenters. The molecule has 7 nitrogen and oxygen atoms in total. The molecule has 4 rings (SSSR count). The molecule has 31 heavy (non-hydrogen) atoms. The average molecular weight is 439 g/mol. The molecule has 2 amide bonds. The van der Waals surface area contributed by atoms with Crippen molar-refractivity contribution in [2.75, 3.05) is 5.32 Å². The van der Waals surface area contributed by atoms with Crippen LogP contribution in [0.2, 0.25) is 0 Å². The summed E-state index contributed by atoms with van der Waals surface area (Å²) < 4.78 is 14.3. The first-order chi connectivity index (χ1) is 14.9. The van der Waals surface area contributed by atoms with Crippen molar-refractivity contribution in [1.82, 2.24) is 10.3 Å². The molecule has 1 fully saturated rings. The largest absolute Gasteiger partial charge is 0.478 e. The number of carboxylic acid groups (broad SMARTS) is 1. The molecule has 9 heteroatoms. The van der Waals surface area contributed by atoms with Crippen molar-refractivity contribution < 1.29 is 23.9 Å². The number of nitrogens with one attached hydrogen (secondary N) is 2. The van der Waals surface area contributed by atoms with Gasteiger partial charge in [-0.1, -0.05) is 18.2 Å². The van der Waals surface area contributed by atoms with E-state index in [1.165, 1.54) is 41.8 Å². The Bertz CT molecular complexity index is 1190. The van der Waals surface area contributed by atoms with Gasteiger partial charge in [0.05, 0.1) is 16.7 Å². The van der Waals surface area contributed by atoms with Crippen molar-refractivity contribution in [3.05, 3.63) is 70.0 Å². The number of hydrogen-bond donors (Lipinski definition) is 3. The summed E-state index contributed by atoms with van der Waals surface area (Å²) in [4.78, 5) is 42.3. The second-order valence-electron chi connectivity index (χ2n) is 7.17. The normalized spacial score (nSPS) is 13.0. The van der Waals surface area contributed by atoms with E-state index in [4.69, 9.17) is 0 Å². The molecule has 3 aromatic rings. The third-order valence-electron chi connectivity index (χ3n) is 5.01. The minimum Gasteiger partial charge on any atom is -0.478 e. The Kier molecular flexibility index (Phi) is 5.51. The van der Waals surface area contributed by atoms with E-state index >= 15 is 0 Å². The molecule has 1 saturated carbocycles. The molecule has 0 bridgehead atoms. The zero-order valence-corrected chi connectivity index (χ0v) is 17.3. The van der Waals surface area contributed by atoms with Crippen molar-refractivity contribution in [2.24, 2.45) is 0 Å². The first-order valence-electron chi connectivity index (χ1n) is 9.54. The molecule has 0 spiro atoms. The lowest BCUT2D eigenvalue weighted by atomic mass is 9.89. The molecule has 1 heterocycles. The van der Waals surface area contributed by atoms with E-state index < -0.39 is 23.6 Å². The van der Waals surface area contributed by atoms with Crippen molar-refractivity contribution in [1.29, 1.82) is 0 Å². The van der Waals surface area contributed by atoms with Crippen molar-refractivity contribution in [3.8, 4) is 11.1 Å². The average Bonchev–Trinajstić information content (AvgIpc) is 3.40. The fourth-order valence-electron chi connectivity index (χ4n) is 3.31. The van der Waals surface area contributed by atoms with Gasteiger partial charge in [0.25, 0.3) is 11.8 Å². The third-order valence-corrected chi connectivity index (χ3v) is 5.70. The number of halogens is 1. The molecule has 0 aliphatic heterocycles. The number of carbonyl (C=O) groups is 3. The first-order valence-corrected chi connectivity index (χ1v) is 10.4. The number of carbonyl (C=O) groups excluding carboxylic acids is 2. The Hall–Kier alpha value is -3.59. The Labute approximate surface area is 180 Å². The van der Waals surface area contributed by atoms with Gasteiger partial charge in [0.2, 0.25) is 0 Å². The molecular weight excluding hydrogens is 421 g/mol. The Morgan fingerprint density at radius 1 is 1.10 bits per heavy atom. The maximum absolute atomic E-state index is 14.3. The van der Waals surface area contributed by atoms with Crippen LogP contribution in [0.1, 0.15) is 49.5 Å². The number of rotatable bonds is 6. The molecular formula is C22H18FN3O4S. The van der Waals surface area contributed by atoms with Crippen LogP contribution in [0.5, 0.6) is 0 Å². The van der Waals surface area contributed by atoms with Crippen LogP contribution in [-0.4, -0.2) is 33.9 Å². The van der Waals surface area contributed by atoms with E-state index in [-0.39, 0.29) is 33.9 Å². The van der Waals surface area contributed by atoms with Crippen LogP contribution < -0.4 is 10.6 Å². The highest BCUT2D eigenvalue weighted by molar-refractivity contribution is 7.13. The van der Waals surface area contributed by atoms with Gasteiger partial charge in [0.1, 0.15) is 5.82 Å². The van der Waals surface area contributed by atoms with E-state index in [1.807, 2.05) is 0 Å². The summed E-state index contributed by atoms with van der Waals surface area (Å²) in [7, 11) is 0.